The number of benzene rings is 1. The molecule has 0 fully saturated rings. The summed E-state index contributed by atoms with van der Waals surface area (Å²) in [4.78, 5) is 23.3. The number of hydrogen-bond acceptors (Lipinski definition) is 6. The molecule has 6 nitrogen and oxygen atoms in total. The number of hydrogen-bond donors (Lipinski definition) is 0. The number of aryl methyl sites for hydroxylation is 1. The topological polar surface area (TPSA) is 75.0 Å². The van der Waals surface area contributed by atoms with Crippen LogP contribution in [0, 0.1) is 6.92 Å². The van der Waals surface area contributed by atoms with Crippen molar-refractivity contribution in [3.05, 3.63) is 27.9 Å². The highest BCUT2D eigenvalue weighted by Gasteiger charge is 2.22. The highest BCUT2D eigenvalue weighted by atomic mass is 79.9. The summed E-state index contributed by atoms with van der Waals surface area (Å²) in [5, 5.41) is 0.555. The summed E-state index contributed by atoms with van der Waals surface area (Å²) >= 11 is 3.35. The average Bonchev–Trinajstić information content (AvgIpc) is 2.80. The van der Waals surface area contributed by atoms with Gasteiger partial charge in [-0.1, -0.05) is 0 Å². The van der Waals surface area contributed by atoms with Gasteiger partial charge in [-0.05, 0) is 41.9 Å². The maximum Gasteiger partial charge on any atom is 0.346 e. The summed E-state index contributed by atoms with van der Waals surface area (Å²) in [6.07, 6.45) is -0.784. The average molecular weight is 371 g/mol. The third kappa shape index (κ3) is 2.94. The monoisotopic (exact) mass is 370 g/mol. The second kappa shape index (κ2) is 6.39. The highest BCUT2D eigenvalue weighted by molar-refractivity contribution is 9.10. The van der Waals surface area contributed by atoms with Crippen molar-refractivity contribution in [2.75, 3.05) is 14.2 Å². The van der Waals surface area contributed by atoms with E-state index in [1.807, 2.05) is 0 Å². The number of carbonyl (C=O) groups is 2. The molecule has 0 saturated carbocycles. The summed E-state index contributed by atoms with van der Waals surface area (Å²) in [5.74, 6) is -0.141. The van der Waals surface area contributed by atoms with E-state index in [1.54, 1.807) is 26.0 Å². The Morgan fingerprint density at radius 2 is 1.91 bits per heavy atom. The van der Waals surface area contributed by atoms with Gasteiger partial charge in [0.05, 0.1) is 18.7 Å². The van der Waals surface area contributed by atoms with E-state index in [9.17, 15) is 9.59 Å². The molecule has 0 N–H and O–H groups in total. The molecule has 2 rings (SSSR count). The second-order valence-corrected chi connectivity index (χ2v) is 5.44. The Labute approximate surface area is 135 Å². The second-order valence-electron chi connectivity index (χ2n) is 4.59. The summed E-state index contributed by atoms with van der Waals surface area (Å²) in [6.45, 7) is 3.25. The van der Waals surface area contributed by atoms with Crippen molar-refractivity contribution in [3.8, 4) is 5.75 Å². The molecule has 0 amide bonds. The van der Waals surface area contributed by atoms with Crippen LogP contribution in [0.2, 0.25) is 0 Å². The van der Waals surface area contributed by atoms with Gasteiger partial charge in [0.15, 0.2) is 6.10 Å². The quantitative estimate of drug-likeness (QED) is 0.769. The first-order valence-corrected chi connectivity index (χ1v) is 7.23. The first-order chi connectivity index (χ1) is 10.4. The van der Waals surface area contributed by atoms with Gasteiger partial charge in [-0.15, -0.1) is 0 Å². The van der Waals surface area contributed by atoms with E-state index in [0.717, 1.165) is 0 Å². The number of halogens is 1. The molecule has 1 unspecified atom stereocenters. The van der Waals surface area contributed by atoms with Gasteiger partial charge in [0.25, 0.3) is 0 Å². The normalized spacial score (nSPS) is 12.0. The Kier molecular flexibility index (Phi) is 4.75. The van der Waals surface area contributed by atoms with E-state index >= 15 is 0 Å². The maximum atomic E-state index is 11.9. The molecule has 1 heterocycles. The van der Waals surface area contributed by atoms with E-state index in [4.69, 9.17) is 13.9 Å². The molecule has 0 aliphatic carbocycles. The number of methoxy groups -OCH3 is 2. The van der Waals surface area contributed by atoms with Crippen molar-refractivity contribution in [1.82, 2.24) is 0 Å². The predicted octanol–water partition coefficient (Wildman–Crippen LogP) is 3.23. The third-order valence-electron chi connectivity index (χ3n) is 3.14. The summed E-state index contributed by atoms with van der Waals surface area (Å²) in [7, 11) is 2.59. The highest BCUT2D eigenvalue weighted by Crippen LogP contribution is 2.35. The fourth-order valence-electron chi connectivity index (χ4n) is 2.07. The summed E-state index contributed by atoms with van der Waals surface area (Å²) < 4.78 is 21.1. The molecule has 0 bridgehead atoms. The van der Waals surface area contributed by atoms with Gasteiger partial charge in [-0.2, -0.15) is 0 Å². The van der Waals surface area contributed by atoms with Crippen LogP contribution in [0.1, 0.15) is 23.0 Å². The molecule has 1 atom stereocenters. The lowest BCUT2D eigenvalue weighted by molar-refractivity contribution is -0.147. The van der Waals surface area contributed by atoms with Crippen molar-refractivity contribution in [3.63, 3.8) is 0 Å². The fourth-order valence-corrected chi connectivity index (χ4v) is 2.49. The summed E-state index contributed by atoms with van der Waals surface area (Å²) in [5.41, 5.74) is 0.850. The van der Waals surface area contributed by atoms with Crippen molar-refractivity contribution >= 4 is 38.8 Å². The number of esters is 2. The molecular formula is C15H15BrO6. The Morgan fingerprint density at radius 3 is 2.50 bits per heavy atom. The van der Waals surface area contributed by atoms with Gasteiger partial charge in [0.2, 0.25) is 0 Å². The zero-order valence-corrected chi connectivity index (χ0v) is 14.1. The first kappa shape index (κ1) is 16.4. The van der Waals surface area contributed by atoms with Crippen molar-refractivity contribution < 1.29 is 28.2 Å². The SMILES string of the molecule is COC(=O)c1c(C)oc2cc(Br)c(OC(C)C(=O)OC)cc12. The lowest BCUT2D eigenvalue weighted by atomic mass is 10.1. The number of rotatable bonds is 4. The number of ether oxygens (including phenoxy) is 3. The molecule has 0 saturated heterocycles. The zero-order valence-electron chi connectivity index (χ0n) is 12.6. The van der Waals surface area contributed by atoms with E-state index in [0.29, 0.717) is 32.5 Å². The Morgan fingerprint density at radius 1 is 1.23 bits per heavy atom. The van der Waals surface area contributed by atoms with Gasteiger partial charge in [0.1, 0.15) is 22.7 Å². The van der Waals surface area contributed by atoms with E-state index in [1.165, 1.54) is 14.2 Å². The van der Waals surface area contributed by atoms with E-state index in [2.05, 4.69) is 20.7 Å². The Hall–Kier alpha value is -2.02. The van der Waals surface area contributed by atoms with Crippen LogP contribution in [0.4, 0.5) is 0 Å². The zero-order chi connectivity index (χ0) is 16.4. The molecular weight excluding hydrogens is 356 g/mol. The maximum absolute atomic E-state index is 11.9. The molecule has 1 aromatic carbocycles. The predicted molar refractivity (Wildman–Crippen MR) is 82.1 cm³/mol. The third-order valence-corrected chi connectivity index (χ3v) is 3.76. The Bertz CT molecular complexity index is 733. The minimum absolute atomic E-state index is 0.334. The van der Waals surface area contributed by atoms with Gasteiger partial charge < -0.3 is 18.6 Å². The van der Waals surface area contributed by atoms with Gasteiger partial charge in [-0.3, -0.25) is 0 Å². The summed E-state index contributed by atoms with van der Waals surface area (Å²) in [6, 6.07) is 3.30. The molecule has 0 radical (unpaired) electrons. The fraction of sp³-hybridized carbons (Fsp3) is 0.333. The number of carbonyl (C=O) groups excluding carboxylic acids is 2. The first-order valence-electron chi connectivity index (χ1n) is 6.44. The van der Waals surface area contributed by atoms with Crippen LogP contribution in [0.15, 0.2) is 21.0 Å². The van der Waals surface area contributed by atoms with Gasteiger partial charge in [-0.25, -0.2) is 9.59 Å². The smallest absolute Gasteiger partial charge is 0.346 e. The van der Waals surface area contributed by atoms with Crippen LogP contribution < -0.4 is 4.74 Å². The van der Waals surface area contributed by atoms with Gasteiger partial charge >= 0.3 is 11.9 Å². The van der Waals surface area contributed by atoms with Crippen LogP contribution in [0.25, 0.3) is 11.0 Å². The minimum atomic E-state index is -0.784. The van der Waals surface area contributed by atoms with Crippen LogP contribution in [-0.2, 0) is 14.3 Å². The van der Waals surface area contributed by atoms with Gasteiger partial charge in [0, 0.05) is 5.39 Å². The molecule has 118 valence electrons. The molecule has 0 spiro atoms. The molecule has 22 heavy (non-hydrogen) atoms. The Balaban J connectivity index is 2.50. The number of furan rings is 1. The van der Waals surface area contributed by atoms with Crippen LogP contribution in [0.3, 0.4) is 0 Å². The number of fused-ring (bicyclic) bond motifs is 1. The van der Waals surface area contributed by atoms with Crippen LogP contribution in [0.5, 0.6) is 5.75 Å². The van der Waals surface area contributed by atoms with Crippen molar-refractivity contribution in [2.45, 2.75) is 20.0 Å². The van der Waals surface area contributed by atoms with Crippen molar-refractivity contribution in [2.24, 2.45) is 0 Å². The van der Waals surface area contributed by atoms with Crippen molar-refractivity contribution in [1.29, 1.82) is 0 Å². The molecule has 0 aliphatic rings. The van der Waals surface area contributed by atoms with E-state index in [-0.39, 0.29) is 0 Å². The van der Waals surface area contributed by atoms with Crippen LogP contribution in [-0.4, -0.2) is 32.3 Å². The lowest BCUT2D eigenvalue weighted by Gasteiger charge is -2.13. The standard InChI is InChI=1S/C15H15BrO6/c1-7-13(15(18)20-4)9-5-12(10(16)6-11(9)21-7)22-8(2)14(17)19-3/h5-6,8H,1-4H3. The van der Waals surface area contributed by atoms with E-state index < -0.39 is 18.0 Å². The largest absolute Gasteiger partial charge is 0.478 e. The molecule has 1 aromatic heterocycles. The molecule has 7 heteroatoms. The van der Waals surface area contributed by atoms with Crippen LogP contribution >= 0.6 is 15.9 Å². The minimum Gasteiger partial charge on any atom is -0.478 e. The molecule has 2 aromatic rings. The molecule has 0 aliphatic heterocycles. The lowest BCUT2D eigenvalue weighted by Crippen LogP contribution is -2.25.